The van der Waals surface area contributed by atoms with Crippen LogP contribution in [0.1, 0.15) is 30.4 Å². The molecule has 2 nitrogen and oxygen atoms in total. The Hall–Kier alpha value is -0.380. The molecule has 1 heterocycles. The Morgan fingerprint density at radius 3 is 2.57 bits per heavy atom. The summed E-state index contributed by atoms with van der Waals surface area (Å²) < 4.78 is 6.00. The molecule has 78 valence electrons. The molecule has 0 radical (unpaired) electrons. The van der Waals surface area contributed by atoms with E-state index in [2.05, 4.69) is 0 Å². The Morgan fingerprint density at radius 1 is 1.50 bits per heavy atom. The number of carbonyl (C=O) groups excluding carboxylic acids is 1. The van der Waals surface area contributed by atoms with Gasteiger partial charge in [-0.1, -0.05) is 11.6 Å². The number of carbonyl (C=O) groups is 1. The van der Waals surface area contributed by atoms with Gasteiger partial charge in [-0.15, -0.1) is 11.3 Å². The predicted molar refractivity (Wildman–Crippen MR) is 59.4 cm³/mol. The fraction of sp³-hybridized carbons (Fsp3) is 0.500. The average molecular weight is 233 g/mol. The average Bonchev–Trinajstić information content (AvgIpc) is 2.46. The Kier molecular flexibility index (Phi) is 3.70. The smallest absolute Gasteiger partial charge is 0.198 e. The van der Waals surface area contributed by atoms with Crippen LogP contribution in [0, 0.1) is 0 Å². The van der Waals surface area contributed by atoms with E-state index in [4.69, 9.17) is 16.3 Å². The van der Waals surface area contributed by atoms with Gasteiger partial charge in [0, 0.05) is 0 Å². The highest BCUT2D eigenvalue weighted by Gasteiger charge is 2.15. The van der Waals surface area contributed by atoms with E-state index in [0.717, 1.165) is 0 Å². The molecular weight excluding hydrogens is 220 g/mol. The van der Waals surface area contributed by atoms with Gasteiger partial charge < -0.3 is 4.74 Å². The Bertz CT molecular complexity index is 325. The molecule has 0 aliphatic carbocycles. The standard InChI is InChI=1S/C10H13ClO2S/c1-10(2,3)13-6-7(12)8-4-5-9(11)14-8/h4-5H,6H2,1-3H3. The summed E-state index contributed by atoms with van der Waals surface area (Å²) in [6.07, 6.45) is 0. The largest absolute Gasteiger partial charge is 0.368 e. The van der Waals surface area contributed by atoms with E-state index in [1.165, 1.54) is 11.3 Å². The van der Waals surface area contributed by atoms with Crippen LogP contribution in [0.5, 0.6) is 0 Å². The van der Waals surface area contributed by atoms with Gasteiger partial charge in [0.25, 0.3) is 0 Å². The van der Waals surface area contributed by atoms with Gasteiger partial charge in [-0.25, -0.2) is 0 Å². The molecule has 0 aromatic carbocycles. The summed E-state index contributed by atoms with van der Waals surface area (Å²) in [5, 5.41) is 0. The third kappa shape index (κ3) is 3.78. The molecule has 0 saturated carbocycles. The molecule has 0 unspecified atom stereocenters. The van der Waals surface area contributed by atoms with Crippen molar-refractivity contribution in [1.29, 1.82) is 0 Å². The maximum atomic E-state index is 11.5. The summed E-state index contributed by atoms with van der Waals surface area (Å²) in [5.74, 6) is -0.0168. The highest BCUT2D eigenvalue weighted by molar-refractivity contribution is 7.18. The van der Waals surface area contributed by atoms with E-state index in [1.54, 1.807) is 12.1 Å². The first kappa shape index (κ1) is 11.7. The Labute approximate surface area is 92.8 Å². The molecule has 0 saturated heterocycles. The van der Waals surface area contributed by atoms with Crippen molar-refractivity contribution in [2.45, 2.75) is 26.4 Å². The van der Waals surface area contributed by atoms with Gasteiger partial charge in [0.05, 0.1) is 14.8 Å². The molecular formula is C10H13ClO2S. The van der Waals surface area contributed by atoms with Crippen molar-refractivity contribution in [1.82, 2.24) is 0 Å². The van der Waals surface area contributed by atoms with Crippen LogP contribution in [0.25, 0.3) is 0 Å². The maximum Gasteiger partial charge on any atom is 0.198 e. The van der Waals surface area contributed by atoms with E-state index < -0.39 is 0 Å². The van der Waals surface area contributed by atoms with Crippen LogP contribution in [-0.4, -0.2) is 18.0 Å². The minimum atomic E-state index is -0.281. The fourth-order valence-corrected chi connectivity index (χ4v) is 1.78. The van der Waals surface area contributed by atoms with Crippen LogP contribution < -0.4 is 0 Å². The van der Waals surface area contributed by atoms with Crippen LogP contribution in [0.15, 0.2) is 12.1 Å². The number of hydrogen-bond acceptors (Lipinski definition) is 3. The first-order valence-electron chi connectivity index (χ1n) is 4.31. The number of ketones is 1. The van der Waals surface area contributed by atoms with Gasteiger partial charge in [0.2, 0.25) is 0 Å². The first-order chi connectivity index (χ1) is 6.38. The van der Waals surface area contributed by atoms with E-state index in [0.29, 0.717) is 9.21 Å². The fourth-order valence-electron chi connectivity index (χ4n) is 0.817. The van der Waals surface area contributed by atoms with Crippen molar-refractivity contribution in [2.24, 2.45) is 0 Å². The van der Waals surface area contributed by atoms with Crippen molar-refractivity contribution in [3.8, 4) is 0 Å². The van der Waals surface area contributed by atoms with Gasteiger partial charge in [-0.3, -0.25) is 4.79 Å². The number of Topliss-reactive ketones (excluding diaryl/α,β-unsaturated/α-hetero) is 1. The normalized spacial score (nSPS) is 11.7. The molecule has 0 amide bonds. The number of ether oxygens (including phenoxy) is 1. The number of halogens is 1. The van der Waals surface area contributed by atoms with Crippen molar-refractivity contribution in [2.75, 3.05) is 6.61 Å². The molecule has 0 bridgehead atoms. The summed E-state index contributed by atoms with van der Waals surface area (Å²) in [7, 11) is 0. The lowest BCUT2D eigenvalue weighted by Crippen LogP contribution is -2.23. The summed E-state index contributed by atoms with van der Waals surface area (Å²) in [5.41, 5.74) is -0.281. The van der Waals surface area contributed by atoms with Crippen molar-refractivity contribution >= 4 is 28.7 Å². The van der Waals surface area contributed by atoms with E-state index in [9.17, 15) is 4.79 Å². The SMILES string of the molecule is CC(C)(C)OCC(=O)c1ccc(Cl)s1. The molecule has 0 N–H and O–H groups in total. The lowest BCUT2D eigenvalue weighted by atomic mass is 10.2. The predicted octanol–water partition coefficient (Wildman–Crippen LogP) is 3.40. The zero-order chi connectivity index (χ0) is 10.8. The monoisotopic (exact) mass is 232 g/mol. The second kappa shape index (κ2) is 4.43. The minimum absolute atomic E-state index is 0.0168. The molecule has 0 atom stereocenters. The van der Waals surface area contributed by atoms with Crippen molar-refractivity contribution < 1.29 is 9.53 Å². The lowest BCUT2D eigenvalue weighted by Gasteiger charge is -2.18. The second-order valence-electron chi connectivity index (χ2n) is 3.93. The molecule has 1 aromatic heterocycles. The number of thiophene rings is 1. The van der Waals surface area contributed by atoms with Gasteiger partial charge in [-0.05, 0) is 32.9 Å². The van der Waals surface area contributed by atoms with E-state index in [1.807, 2.05) is 20.8 Å². The number of hydrogen-bond donors (Lipinski definition) is 0. The summed E-state index contributed by atoms with van der Waals surface area (Å²) in [6, 6.07) is 3.44. The van der Waals surface area contributed by atoms with E-state index >= 15 is 0 Å². The quantitative estimate of drug-likeness (QED) is 0.747. The van der Waals surface area contributed by atoms with Gasteiger partial charge in [0.15, 0.2) is 5.78 Å². The molecule has 0 spiro atoms. The third-order valence-electron chi connectivity index (χ3n) is 1.48. The molecule has 1 rings (SSSR count). The minimum Gasteiger partial charge on any atom is -0.368 e. The van der Waals surface area contributed by atoms with Crippen LogP contribution >= 0.6 is 22.9 Å². The van der Waals surface area contributed by atoms with Crippen LogP contribution in [0.4, 0.5) is 0 Å². The molecule has 0 aliphatic heterocycles. The number of rotatable bonds is 3. The topological polar surface area (TPSA) is 26.3 Å². The molecule has 1 aromatic rings. The summed E-state index contributed by atoms with van der Waals surface area (Å²) >= 11 is 7.00. The molecule has 0 aliphatic rings. The van der Waals surface area contributed by atoms with Gasteiger partial charge in [-0.2, -0.15) is 0 Å². The maximum absolute atomic E-state index is 11.5. The highest BCUT2D eigenvalue weighted by Crippen LogP contribution is 2.22. The lowest BCUT2D eigenvalue weighted by molar-refractivity contribution is 0.00323. The Morgan fingerprint density at radius 2 is 2.14 bits per heavy atom. The summed E-state index contributed by atoms with van der Waals surface area (Å²) in [4.78, 5) is 12.2. The molecule has 0 fully saturated rings. The highest BCUT2D eigenvalue weighted by atomic mass is 35.5. The second-order valence-corrected chi connectivity index (χ2v) is 5.64. The van der Waals surface area contributed by atoms with Crippen molar-refractivity contribution in [3.05, 3.63) is 21.3 Å². The van der Waals surface area contributed by atoms with Gasteiger partial charge >= 0.3 is 0 Å². The summed E-state index contributed by atoms with van der Waals surface area (Å²) in [6.45, 7) is 5.87. The molecule has 4 heteroatoms. The van der Waals surface area contributed by atoms with Crippen LogP contribution in [0.2, 0.25) is 4.34 Å². The van der Waals surface area contributed by atoms with Gasteiger partial charge in [0.1, 0.15) is 6.61 Å². The van der Waals surface area contributed by atoms with E-state index in [-0.39, 0.29) is 18.0 Å². The zero-order valence-electron chi connectivity index (χ0n) is 8.46. The Balaban J connectivity index is 2.52. The third-order valence-corrected chi connectivity index (χ3v) is 2.76. The first-order valence-corrected chi connectivity index (χ1v) is 5.50. The van der Waals surface area contributed by atoms with Crippen molar-refractivity contribution in [3.63, 3.8) is 0 Å². The van der Waals surface area contributed by atoms with Crippen LogP contribution in [-0.2, 0) is 4.74 Å². The zero-order valence-corrected chi connectivity index (χ0v) is 10.0. The van der Waals surface area contributed by atoms with Crippen LogP contribution in [0.3, 0.4) is 0 Å². The molecule has 14 heavy (non-hydrogen) atoms.